The van der Waals surface area contributed by atoms with E-state index in [0.29, 0.717) is 5.41 Å². The summed E-state index contributed by atoms with van der Waals surface area (Å²) in [7, 11) is 0. The molecule has 0 amide bonds. The molecule has 0 aliphatic heterocycles. The van der Waals surface area contributed by atoms with E-state index in [1.807, 2.05) is 0 Å². The first kappa shape index (κ1) is 14.6. The molecule has 2 rings (SSSR count). The Hall–Kier alpha value is -0.820. The molecule has 0 bridgehead atoms. The number of hydrogen-bond donors (Lipinski definition) is 1. The second kappa shape index (κ2) is 5.66. The lowest BCUT2D eigenvalue weighted by molar-refractivity contribution is 0.183. The van der Waals surface area contributed by atoms with E-state index in [1.54, 1.807) is 0 Å². The summed E-state index contributed by atoms with van der Waals surface area (Å²) < 4.78 is 0. The Labute approximate surface area is 118 Å². The molecule has 1 fully saturated rings. The Balaban J connectivity index is 2.33. The van der Waals surface area contributed by atoms with Crippen LogP contribution in [0.4, 0.5) is 0 Å². The van der Waals surface area contributed by atoms with Crippen molar-refractivity contribution in [3.63, 3.8) is 0 Å². The first-order valence-corrected chi connectivity index (χ1v) is 7.77. The monoisotopic (exact) mass is 259 g/mol. The van der Waals surface area contributed by atoms with E-state index in [-0.39, 0.29) is 6.04 Å². The highest BCUT2D eigenvalue weighted by molar-refractivity contribution is 5.34. The summed E-state index contributed by atoms with van der Waals surface area (Å²) in [6, 6.07) is 6.93. The molecule has 1 aromatic rings. The molecule has 1 saturated carbocycles. The lowest BCUT2D eigenvalue weighted by Crippen LogP contribution is -2.34. The lowest BCUT2D eigenvalue weighted by atomic mass is 9.70. The molecule has 0 spiro atoms. The molecule has 106 valence electrons. The van der Waals surface area contributed by atoms with Gasteiger partial charge in [-0.3, -0.25) is 0 Å². The number of benzene rings is 1. The topological polar surface area (TPSA) is 26.0 Å². The van der Waals surface area contributed by atoms with Crippen molar-refractivity contribution in [1.29, 1.82) is 0 Å². The fourth-order valence-electron chi connectivity index (χ4n) is 3.96. The van der Waals surface area contributed by atoms with Crippen molar-refractivity contribution in [3.05, 3.63) is 34.9 Å². The molecule has 0 aromatic heterocycles. The minimum absolute atomic E-state index is 0.206. The SMILES string of the molecule is Cc1ccc(C)c(C(N)C2(CC(C)C)CCCC2)c1. The van der Waals surface area contributed by atoms with Crippen LogP contribution in [0.3, 0.4) is 0 Å². The van der Waals surface area contributed by atoms with E-state index in [2.05, 4.69) is 45.9 Å². The Bertz CT molecular complexity index is 427. The standard InChI is InChI=1S/C18H29N/c1-13(2)12-18(9-5-6-10-18)17(19)16-11-14(3)7-8-15(16)4/h7-8,11,13,17H,5-6,9-10,12,19H2,1-4H3. The van der Waals surface area contributed by atoms with Crippen LogP contribution in [0.2, 0.25) is 0 Å². The zero-order valence-corrected chi connectivity index (χ0v) is 13.0. The van der Waals surface area contributed by atoms with Crippen molar-refractivity contribution in [2.45, 2.75) is 65.8 Å². The fourth-order valence-corrected chi connectivity index (χ4v) is 3.96. The predicted octanol–water partition coefficient (Wildman–Crippen LogP) is 4.91. The number of aryl methyl sites for hydroxylation is 2. The van der Waals surface area contributed by atoms with Crippen LogP contribution in [0.25, 0.3) is 0 Å². The molecule has 1 aromatic carbocycles. The van der Waals surface area contributed by atoms with Crippen LogP contribution in [0, 0.1) is 25.2 Å². The van der Waals surface area contributed by atoms with Gasteiger partial charge in [0, 0.05) is 6.04 Å². The van der Waals surface area contributed by atoms with Gasteiger partial charge in [-0.1, -0.05) is 50.5 Å². The van der Waals surface area contributed by atoms with E-state index >= 15 is 0 Å². The molecule has 1 heteroatoms. The van der Waals surface area contributed by atoms with Gasteiger partial charge < -0.3 is 5.73 Å². The van der Waals surface area contributed by atoms with Crippen LogP contribution >= 0.6 is 0 Å². The van der Waals surface area contributed by atoms with Crippen LogP contribution < -0.4 is 5.73 Å². The van der Waals surface area contributed by atoms with Gasteiger partial charge >= 0.3 is 0 Å². The quantitative estimate of drug-likeness (QED) is 0.817. The predicted molar refractivity (Wildman–Crippen MR) is 83.2 cm³/mol. The second-order valence-corrected chi connectivity index (χ2v) is 7.01. The Morgan fingerprint density at radius 1 is 1.16 bits per heavy atom. The largest absolute Gasteiger partial charge is 0.323 e. The van der Waals surface area contributed by atoms with Gasteiger partial charge in [-0.05, 0) is 55.6 Å². The molecule has 1 atom stereocenters. The van der Waals surface area contributed by atoms with Gasteiger partial charge in [0.05, 0.1) is 0 Å². The maximum absolute atomic E-state index is 6.75. The van der Waals surface area contributed by atoms with Crippen LogP contribution in [-0.2, 0) is 0 Å². The summed E-state index contributed by atoms with van der Waals surface area (Å²) >= 11 is 0. The van der Waals surface area contributed by atoms with E-state index in [1.165, 1.54) is 48.8 Å². The molecule has 1 nitrogen and oxygen atoms in total. The zero-order chi connectivity index (χ0) is 14.0. The first-order valence-electron chi connectivity index (χ1n) is 7.77. The van der Waals surface area contributed by atoms with Gasteiger partial charge in [0.1, 0.15) is 0 Å². The first-order chi connectivity index (χ1) is 8.94. The van der Waals surface area contributed by atoms with Crippen LogP contribution in [0.15, 0.2) is 18.2 Å². The van der Waals surface area contributed by atoms with Crippen molar-refractivity contribution in [2.75, 3.05) is 0 Å². The minimum atomic E-state index is 0.206. The zero-order valence-electron chi connectivity index (χ0n) is 13.0. The van der Waals surface area contributed by atoms with E-state index < -0.39 is 0 Å². The third-order valence-corrected chi connectivity index (χ3v) is 4.84. The van der Waals surface area contributed by atoms with E-state index in [9.17, 15) is 0 Å². The highest BCUT2D eigenvalue weighted by Gasteiger charge is 2.40. The summed E-state index contributed by atoms with van der Waals surface area (Å²) in [5, 5.41) is 0. The summed E-state index contributed by atoms with van der Waals surface area (Å²) in [5.41, 5.74) is 11.2. The molecule has 1 aliphatic rings. The van der Waals surface area contributed by atoms with Crippen LogP contribution in [0.1, 0.15) is 68.7 Å². The Kier molecular flexibility index (Phi) is 4.35. The number of nitrogens with two attached hydrogens (primary N) is 1. The summed E-state index contributed by atoms with van der Waals surface area (Å²) in [6.07, 6.45) is 6.58. The molecular weight excluding hydrogens is 230 g/mol. The normalized spacial score (nSPS) is 19.9. The van der Waals surface area contributed by atoms with Crippen LogP contribution in [0.5, 0.6) is 0 Å². The van der Waals surface area contributed by atoms with Crippen molar-refractivity contribution in [3.8, 4) is 0 Å². The fraction of sp³-hybridized carbons (Fsp3) is 0.667. The average molecular weight is 259 g/mol. The second-order valence-electron chi connectivity index (χ2n) is 7.01. The van der Waals surface area contributed by atoms with Gasteiger partial charge in [0.25, 0.3) is 0 Å². The highest BCUT2D eigenvalue weighted by Crippen LogP contribution is 2.51. The van der Waals surface area contributed by atoms with Crippen molar-refractivity contribution in [1.82, 2.24) is 0 Å². The Morgan fingerprint density at radius 3 is 2.37 bits per heavy atom. The molecule has 0 saturated heterocycles. The third-order valence-electron chi connectivity index (χ3n) is 4.84. The van der Waals surface area contributed by atoms with Gasteiger partial charge in [-0.15, -0.1) is 0 Å². The average Bonchev–Trinajstić information content (AvgIpc) is 2.80. The van der Waals surface area contributed by atoms with Gasteiger partial charge in [0.15, 0.2) is 0 Å². The molecule has 1 aliphatic carbocycles. The van der Waals surface area contributed by atoms with Crippen molar-refractivity contribution in [2.24, 2.45) is 17.1 Å². The molecule has 2 N–H and O–H groups in total. The molecule has 0 heterocycles. The van der Waals surface area contributed by atoms with Crippen molar-refractivity contribution < 1.29 is 0 Å². The number of rotatable bonds is 4. The van der Waals surface area contributed by atoms with Gasteiger partial charge in [-0.2, -0.15) is 0 Å². The minimum Gasteiger partial charge on any atom is -0.323 e. The van der Waals surface area contributed by atoms with E-state index in [0.717, 1.165) is 5.92 Å². The van der Waals surface area contributed by atoms with Crippen LogP contribution in [-0.4, -0.2) is 0 Å². The van der Waals surface area contributed by atoms with E-state index in [4.69, 9.17) is 5.73 Å². The Morgan fingerprint density at radius 2 is 1.79 bits per heavy atom. The molecule has 1 unspecified atom stereocenters. The molecular formula is C18H29N. The molecule has 19 heavy (non-hydrogen) atoms. The molecule has 0 radical (unpaired) electrons. The van der Waals surface area contributed by atoms with Gasteiger partial charge in [0.2, 0.25) is 0 Å². The maximum Gasteiger partial charge on any atom is 0.0354 e. The third kappa shape index (κ3) is 3.02. The maximum atomic E-state index is 6.75. The van der Waals surface area contributed by atoms with Gasteiger partial charge in [-0.25, -0.2) is 0 Å². The highest BCUT2D eigenvalue weighted by atomic mass is 14.7. The lowest BCUT2D eigenvalue weighted by Gasteiger charge is -2.38. The summed E-state index contributed by atoms with van der Waals surface area (Å²) in [6.45, 7) is 9.03. The smallest absolute Gasteiger partial charge is 0.0354 e. The summed E-state index contributed by atoms with van der Waals surface area (Å²) in [4.78, 5) is 0. The number of hydrogen-bond acceptors (Lipinski definition) is 1. The van der Waals surface area contributed by atoms with Crippen molar-refractivity contribution >= 4 is 0 Å². The summed E-state index contributed by atoms with van der Waals surface area (Å²) in [5.74, 6) is 0.731.